The van der Waals surface area contributed by atoms with Gasteiger partial charge in [-0.15, -0.1) is 0 Å². The molecule has 0 heterocycles. The molecule has 0 atom stereocenters. The van der Waals surface area contributed by atoms with Crippen LogP contribution in [0.5, 0.6) is 0 Å². The van der Waals surface area contributed by atoms with Gasteiger partial charge in [-0.05, 0) is 18.6 Å². The number of hydrazine groups is 1. The second kappa shape index (κ2) is 7.87. The van der Waals surface area contributed by atoms with Crippen molar-refractivity contribution in [3.05, 3.63) is 29.3 Å². The second-order valence-corrected chi connectivity index (χ2v) is 4.69. The van der Waals surface area contributed by atoms with Crippen molar-refractivity contribution in [1.82, 2.24) is 5.32 Å². The maximum atomic E-state index is 12.8. The quantitative estimate of drug-likeness (QED) is 0.411. The molecular formula is C14H20F3N3O. The third-order valence-corrected chi connectivity index (χ3v) is 3.07. The number of nitrogens with one attached hydrogen (secondary N) is 2. The van der Waals surface area contributed by atoms with Crippen LogP contribution in [0, 0.1) is 0 Å². The summed E-state index contributed by atoms with van der Waals surface area (Å²) in [6.07, 6.45) is -0.664. The smallest absolute Gasteiger partial charge is 0.352 e. The standard InChI is InChI=1S/C14H20F3N3O/c1-2-3-4-5-9-19-13(21)10-7-6-8-11(12(10)20-18)14(15,16)17/h6-8,20H,2-5,9,18H2,1H3,(H,19,21). The molecule has 0 bridgehead atoms. The Bertz CT molecular complexity index is 475. The Balaban J connectivity index is 2.80. The molecule has 0 fully saturated rings. The van der Waals surface area contributed by atoms with Gasteiger partial charge in [0.2, 0.25) is 0 Å². The molecule has 118 valence electrons. The van der Waals surface area contributed by atoms with Gasteiger partial charge in [-0.25, -0.2) is 0 Å². The normalized spacial score (nSPS) is 11.3. The first-order valence-electron chi connectivity index (χ1n) is 6.86. The molecule has 0 saturated carbocycles. The van der Waals surface area contributed by atoms with Crippen LogP contribution in [0.1, 0.15) is 48.5 Å². The van der Waals surface area contributed by atoms with Crippen molar-refractivity contribution in [3.8, 4) is 0 Å². The van der Waals surface area contributed by atoms with E-state index in [1.165, 1.54) is 12.1 Å². The maximum Gasteiger partial charge on any atom is 0.418 e. The summed E-state index contributed by atoms with van der Waals surface area (Å²) >= 11 is 0. The van der Waals surface area contributed by atoms with Crippen LogP contribution >= 0.6 is 0 Å². The molecule has 7 heteroatoms. The summed E-state index contributed by atoms with van der Waals surface area (Å²) in [5, 5.41) is 2.61. The zero-order chi connectivity index (χ0) is 15.9. The van der Waals surface area contributed by atoms with Gasteiger partial charge < -0.3 is 10.7 Å². The molecule has 0 aliphatic rings. The summed E-state index contributed by atoms with van der Waals surface area (Å²) in [5.74, 6) is 4.59. The van der Waals surface area contributed by atoms with E-state index in [-0.39, 0.29) is 5.56 Å². The fraction of sp³-hybridized carbons (Fsp3) is 0.500. The Hall–Kier alpha value is -1.76. The van der Waals surface area contributed by atoms with Gasteiger partial charge in [0, 0.05) is 6.54 Å². The van der Waals surface area contributed by atoms with Crippen LogP contribution in [0.15, 0.2) is 18.2 Å². The molecule has 1 aromatic rings. The van der Waals surface area contributed by atoms with E-state index in [1.807, 2.05) is 5.43 Å². The van der Waals surface area contributed by atoms with Crippen molar-refractivity contribution in [1.29, 1.82) is 0 Å². The lowest BCUT2D eigenvalue weighted by Crippen LogP contribution is -2.27. The van der Waals surface area contributed by atoms with Crippen molar-refractivity contribution >= 4 is 11.6 Å². The van der Waals surface area contributed by atoms with Crippen molar-refractivity contribution in [2.75, 3.05) is 12.0 Å². The number of para-hydroxylation sites is 1. The van der Waals surface area contributed by atoms with E-state index >= 15 is 0 Å². The van der Waals surface area contributed by atoms with Gasteiger partial charge in [-0.2, -0.15) is 13.2 Å². The van der Waals surface area contributed by atoms with Gasteiger partial charge in [0.25, 0.3) is 5.91 Å². The lowest BCUT2D eigenvalue weighted by molar-refractivity contribution is -0.137. The lowest BCUT2D eigenvalue weighted by atomic mass is 10.1. The first kappa shape index (κ1) is 17.3. The SMILES string of the molecule is CCCCCCNC(=O)c1cccc(C(F)(F)F)c1NN. The van der Waals surface area contributed by atoms with Gasteiger partial charge in [0.15, 0.2) is 0 Å². The Morgan fingerprint density at radius 3 is 2.52 bits per heavy atom. The van der Waals surface area contributed by atoms with Crippen LogP contribution in [-0.4, -0.2) is 12.5 Å². The number of anilines is 1. The molecule has 1 amide bonds. The number of carbonyl (C=O) groups is 1. The van der Waals surface area contributed by atoms with Crippen LogP contribution in [0.2, 0.25) is 0 Å². The predicted octanol–water partition coefficient (Wildman–Crippen LogP) is 3.30. The Kier molecular flexibility index (Phi) is 6.48. The van der Waals surface area contributed by atoms with Crippen LogP contribution in [-0.2, 0) is 6.18 Å². The van der Waals surface area contributed by atoms with Crippen molar-refractivity contribution < 1.29 is 18.0 Å². The minimum Gasteiger partial charge on any atom is -0.352 e. The zero-order valence-corrected chi connectivity index (χ0v) is 11.9. The minimum absolute atomic E-state index is 0.109. The second-order valence-electron chi connectivity index (χ2n) is 4.69. The number of benzene rings is 1. The lowest BCUT2D eigenvalue weighted by Gasteiger charge is -2.16. The molecule has 1 aromatic carbocycles. The summed E-state index contributed by atoms with van der Waals surface area (Å²) < 4.78 is 38.5. The van der Waals surface area contributed by atoms with Crippen LogP contribution in [0.3, 0.4) is 0 Å². The van der Waals surface area contributed by atoms with Crippen LogP contribution < -0.4 is 16.6 Å². The van der Waals surface area contributed by atoms with E-state index in [4.69, 9.17) is 5.84 Å². The molecule has 0 radical (unpaired) electrons. The Labute approximate surface area is 121 Å². The average molecular weight is 303 g/mol. The minimum atomic E-state index is -4.57. The highest BCUT2D eigenvalue weighted by atomic mass is 19.4. The van der Waals surface area contributed by atoms with E-state index in [1.54, 1.807) is 0 Å². The summed E-state index contributed by atoms with van der Waals surface area (Å²) in [4.78, 5) is 12.0. The van der Waals surface area contributed by atoms with Gasteiger partial charge in [0.05, 0.1) is 16.8 Å². The molecule has 21 heavy (non-hydrogen) atoms. The van der Waals surface area contributed by atoms with E-state index in [0.717, 1.165) is 31.7 Å². The molecule has 0 unspecified atom stereocenters. The highest BCUT2D eigenvalue weighted by Crippen LogP contribution is 2.36. The van der Waals surface area contributed by atoms with Gasteiger partial charge in [-0.1, -0.05) is 32.3 Å². The molecule has 0 aromatic heterocycles. The number of nitrogen functional groups attached to an aromatic ring is 1. The van der Waals surface area contributed by atoms with Crippen molar-refractivity contribution in [2.24, 2.45) is 5.84 Å². The molecule has 4 nitrogen and oxygen atoms in total. The topological polar surface area (TPSA) is 67.2 Å². The van der Waals surface area contributed by atoms with Crippen LogP contribution in [0.25, 0.3) is 0 Å². The summed E-state index contributed by atoms with van der Waals surface area (Å²) in [6, 6.07) is 3.38. The van der Waals surface area contributed by atoms with E-state index < -0.39 is 23.3 Å². The van der Waals surface area contributed by atoms with Crippen LogP contribution in [0.4, 0.5) is 18.9 Å². The van der Waals surface area contributed by atoms with Crippen molar-refractivity contribution in [3.63, 3.8) is 0 Å². The zero-order valence-electron chi connectivity index (χ0n) is 11.9. The highest BCUT2D eigenvalue weighted by molar-refractivity contribution is 6.00. The summed E-state index contributed by atoms with van der Waals surface area (Å²) in [6.45, 7) is 2.50. The number of halogens is 3. The van der Waals surface area contributed by atoms with Gasteiger partial charge >= 0.3 is 6.18 Å². The van der Waals surface area contributed by atoms with Crippen molar-refractivity contribution in [2.45, 2.75) is 38.8 Å². The van der Waals surface area contributed by atoms with E-state index in [9.17, 15) is 18.0 Å². The largest absolute Gasteiger partial charge is 0.418 e. The number of amides is 1. The predicted molar refractivity (Wildman–Crippen MR) is 75.7 cm³/mol. The Morgan fingerprint density at radius 2 is 1.95 bits per heavy atom. The molecule has 0 saturated heterocycles. The van der Waals surface area contributed by atoms with E-state index in [2.05, 4.69) is 12.2 Å². The first-order chi connectivity index (χ1) is 9.91. The fourth-order valence-electron chi connectivity index (χ4n) is 1.98. The number of hydrogen-bond acceptors (Lipinski definition) is 3. The monoisotopic (exact) mass is 303 g/mol. The van der Waals surface area contributed by atoms with Gasteiger partial charge in [-0.3, -0.25) is 10.6 Å². The molecule has 4 N–H and O–H groups in total. The fourth-order valence-corrected chi connectivity index (χ4v) is 1.98. The number of nitrogens with two attached hydrogens (primary N) is 1. The summed E-state index contributed by atoms with van der Waals surface area (Å²) in [7, 11) is 0. The third kappa shape index (κ3) is 4.93. The number of unbranched alkanes of at least 4 members (excludes halogenated alkanes) is 3. The average Bonchev–Trinajstić information content (AvgIpc) is 2.45. The highest BCUT2D eigenvalue weighted by Gasteiger charge is 2.35. The summed E-state index contributed by atoms with van der Waals surface area (Å²) in [5.41, 5.74) is 0.512. The Morgan fingerprint density at radius 1 is 1.24 bits per heavy atom. The first-order valence-corrected chi connectivity index (χ1v) is 6.86. The molecule has 0 aliphatic carbocycles. The molecule has 0 aliphatic heterocycles. The number of rotatable bonds is 7. The maximum absolute atomic E-state index is 12.8. The number of carbonyl (C=O) groups excluding carboxylic acids is 1. The number of alkyl halides is 3. The molecular weight excluding hydrogens is 283 g/mol. The van der Waals surface area contributed by atoms with E-state index in [0.29, 0.717) is 6.54 Å². The van der Waals surface area contributed by atoms with Gasteiger partial charge in [0.1, 0.15) is 0 Å². The third-order valence-electron chi connectivity index (χ3n) is 3.07. The molecule has 0 spiro atoms. The number of hydrogen-bond donors (Lipinski definition) is 3. The molecule has 1 rings (SSSR count).